The summed E-state index contributed by atoms with van der Waals surface area (Å²) in [5.41, 5.74) is -0.296. The number of carboxylic acids is 1. The van der Waals surface area contributed by atoms with Gasteiger partial charge in [-0.05, 0) is 46.0 Å². The molecule has 0 unspecified atom stereocenters. The minimum Gasteiger partial charge on any atom is -0.481 e. The topological polar surface area (TPSA) is 85.4 Å². The second-order valence-corrected chi connectivity index (χ2v) is 7.40. The molecule has 0 spiro atoms. The van der Waals surface area contributed by atoms with Crippen LogP contribution in [-0.4, -0.2) is 44.4 Å². The molecule has 1 aliphatic rings. The Kier molecular flexibility index (Phi) is 6.44. The third kappa shape index (κ3) is 5.69. The zero-order chi connectivity index (χ0) is 16.9. The predicted octanol–water partition coefficient (Wildman–Crippen LogP) is 3.09. The highest BCUT2D eigenvalue weighted by atomic mass is 16.7. The van der Waals surface area contributed by atoms with Crippen molar-refractivity contribution in [2.75, 3.05) is 6.54 Å². The Balaban J connectivity index is 2.61. The molecule has 0 bridgehead atoms. The Morgan fingerprint density at radius 3 is 2.50 bits per heavy atom. The maximum absolute atomic E-state index is 10.9. The van der Waals surface area contributed by atoms with E-state index in [1.807, 2.05) is 20.8 Å². The van der Waals surface area contributed by atoms with Crippen molar-refractivity contribution >= 4 is 5.97 Å². The average Bonchev–Trinajstić information content (AvgIpc) is 2.83. The van der Waals surface area contributed by atoms with Crippen LogP contribution < -0.4 is 0 Å². The first-order valence-corrected chi connectivity index (χ1v) is 7.97. The van der Waals surface area contributed by atoms with Crippen molar-refractivity contribution in [1.29, 1.82) is 0 Å². The second kappa shape index (κ2) is 7.65. The van der Waals surface area contributed by atoms with E-state index in [9.17, 15) is 10.0 Å². The van der Waals surface area contributed by atoms with Crippen molar-refractivity contribution in [3.05, 3.63) is 0 Å². The van der Waals surface area contributed by atoms with Gasteiger partial charge in [0.15, 0.2) is 0 Å². The average molecular weight is 316 g/mol. The maximum atomic E-state index is 10.9. The summed E-state index contributed by atoms with van der Waals surface area (Å²) in [4.78, 5) is 17.0. The van der Waals surface area contributed by atoms with E-state index in [0.717, 1.165) is 11.4 Å². The Morgan fingerprint density at radius 2 is 2.05 bits per heavy atom. The fraction of sp³-hybridized carbons (Fsp3) is 0.933. The van der Waals surface area contributed by atoms with Crippen molar-refractivity contribution in [2.45, 2.75) is 71.9 Å². The molecule has 7 nitrogen and oxygen atoms in total. The molecule has 0 aliphatic heterocycles. The van der Waals surface area contributed by atoms with E-state index >= 15 is 0 Å². The van der Waals surface area contributed by atoms with Crippen LogP contribution in [0.4, 0.5) is 0 Å². The Bertz CT molecular complexity index is 404. The first-order valence-electron chi connectivity index (χ1n) is 7.97. The lowest BCUT2D eigenvalue weighted by Crippen LogP contribution is -2.47. The lowest BCUT2D eigenvalue weighted by molar-refractivity contribution is -0.949. The molecule has 7 heteroatoms. The van der Waals surface area contributed by atoms with Crippen molar-refractivity contribution < 1.29 is 24.9 Å². The van der Waals surface area contributed by atoms with Gasteiger partial charge in [-0.2, -0.15) is 0 Å². The van der Waals surface area contributed by atoms with Gasteiger partial charge in [-0.25, -0.2) is 5.21 Å². The van der Waals surface area contributed by atoms with Crippen molar-refractivity contribution in [3.8, 4) is 0 Å². The summed E-state index contributed by atoms with van der Waals surface area (Å²) in [5.74, 6) is -0.641. The van der Waals surface area contributed by atoms with Crippen LogP contribution in [0.1, 0.15) is 60.3 Å². The monoisotopic (exact) mass is 316 g/mol. The standard InChI is InChI=1S/C15H29N3O4/c1-11(2)8-9-17(15(3,4)5)18(21)16-22-13-7-6-12(10-13)14(19)20/h11-13H,6-10H2,1-5H3,(H-,16,19,20,21)/p+1/t12-,13-/m1/s1. The van der Waals surface area contributed by atoms with Crippen molar-refractivity contribution in [1.82, 2.24) is 5.01 Å². The molecule has 1 fully saturated rings. The second-order valence-electron chi connectivity index (χ2n) is 7.40. The Morgan fingerprint density at radius 1 is 1.41 bits per heavy atom. The van der Waals surface area contributed by atoms with E-state index in [1.54, 1.807) is 5.01 Å². The number of hydrogen-bond acceptors (Lipinski definition) is 3. The first kappa shape index (κ1) is 18.5. The van der Waals surface area contributed by atoms with Crippen LogP contribution in [-0.2, 0) is 9.63 Å². The quantitative estimate of drug-likeness (QED) is 0.428. The molecule has 0 aromatic heterocycles. The molecule has 22 heavy (non-hydrogen) atoms. The lowest BCUT2D eigenvalue weighted by atomic mass is 10.1. The van der Waals surface area contributed by atoms with Gasteiger partial charge in [-0.3, -0.25) is 4.79 Å². The molecule has 128 valence electrons. The summed E-state index contributed by atoms with van der Waals surface area (Å²) >= 11 is 0. The smallest absolute Gasteiger partial charge is 0.306 e. The lowest BCUT2D eigenvalue weighted by Gasteiger charge is -2.26. The van der Waals surface area contributed by atoms with Gasteiger partial charge in [0, 0.05) is 6.42 Å². The number of nitrogens with zero attached hydrogens (tertiary/aromatic N) is 3. The van der Waals surface area contributed by atoms with Gasteiger partial charge >= 0.3 is 5.97 Å². The van der Waals surface area contributed by atoms with Crippen LogP contribution in [0.15, 0.2) is 5.28 Å². The van der Waals surface area contributed by atoms with Crippen LogP contribution in [0, 0.1) is 11.8 Å². The third-order valence-corrected chi connectivity index (χ3v) is 3.91. The van der Waals surface area contributed by atoms with Crippen LogP contribution >= 0.6 is 0 Å². The normalized spacial score (nSPS) is 22.9. The molecule has 0 aromatic carbocycles. The number of carboxylic acid groups (broad SMARTS) is 1. The summed E-state index contributed by atoms with van der Waals surface area (Å²) in [5, 5.41) is 24.6. The highest BCUT2D eigenvalue weighted by molar-refractivity contribution is 5.70. The van der Waals surface area contributed by atoms with Gasteiger partial charge in [0.05, 0.1) is 18.0 Å². The molecule has 0 aromatic rings. The van der Waals surface area contributed by atoms with E-state index in [-0.39, 0.29) is 17.6 Å². The predicted molar refractivity (Wildman–Crippen MR) is 80.2 cm³/mol. The molecule has 1 aliphatic carbocycles. The van der Waals surface area contributed by atoms with E-state index in [4.69, 9.17) is 9.94 Å². The highest BCUT2D eigenvalue weighted by Gasteiger charge is 2.35. The largest absolute Gasteiger partial charge is 0.481 e. The Labute approximate surface area is 132 Å². The minimum absolute atomic E-state index is 0.248. The highest BCUT2D eigenvalue weighted by Crippen LogP contribution is 2.28. The van der Waals surface area contributed by atoms with Gasteiger partial charge in [0.2, 0.25) is 0 Å². The van der Waals surface area contributed by atoms with E-state index in [1.165, 1.54) is 0 Å². The van der Waals surface area contributed by atoms with E-state index < -0.39 is 5.97 Å². The summed E-state index contributed by atoms with van der Waals surface area (Å²) in [6.07, 6.45) is 2.36. The van der Waals surface area contributed by atoms with Gasteiger partial charge in [-0.1, -0.05) is 13.8 Å². The number of aliphatic carboxylic acids is 1. The molecular formula is C15H30N3O4+. The first-order chi connectivity index (χ1) is 10.1. The fourth-order valence-electron chi connectivity index (χ4n) is 2.49. The number of hydrazine groups is 1. The molecule has 1 saturated carbocycles. The number of rotatable bonds is 7. The van der Waals surface area contributed by atoms with Gasteiger partial charge in [-0.15, -0.1) is 5.01 Å². The van der Waals surface area contributed by atoms with Gasteiger partial charge in [0.1, 0.15) is 6.10 Å². The minimum atomic E-state index is -0.791. The number of hydrogen-bond donors (Lipinski definition) is 2. The summed E-state index contributed by atoms with van der Waals surface area (Å²) < 4.78 is 0. The van der Waals surface area contributed by atoms with Crippen molar-refractivity contribution in [3.63, 3.8) is 0 Å². The molecule has 2 atom stereocenters. The van der Waals surface area contributed by atoms with Crippen LogP contribution in [0.5, 0.6) is 0 Å². The molecule has 0 amide bonds. The molecule has 2 N–H and O–H groups in total. The summed E-state index contributed by atoms with van der Waals surface area (Å²) in [6.45, 7) is 10.9. The zero-order valence-electron chi connectivity index (χ0n) is 14.3. The maximum Gasteiger partial charge on any atom is 0.306 e. The van der Waals surface area contributed by atoms with Crippen LogP contribution in [0.3, 0.4) is 0 Å². The van der Waals surface area contributed by atoms with Gasteiger partial charge in [0.25, 0.3) is 10.2 Å². The Hall–Kier alpha value is -1.53. The van der Waals surface area contributed by atoms with Crippen molar-refractivity contribution in [2.24, 2.45) is 17.1 Å². The summed E-state index contributed by atoms with van der Waals surface area (Å²) in [7, 11) is 0. The van der Waals surface area contributed by atoms with E-state index in [0.29, 0.717) is 31.7 Å². The summed E-state index contributed by atoms with van der Waals surface area (Å²) in [6, 6.07) is 0. The SMILES string of the molecule is CC(C)CCN(/[N+](O)=N/O[C@@H]1CC[C@@H](C(=O)O)C1)C(C)(C)C. The molecule has 1 rings (SSSR count). The molecule has 0 heterocycles. The molecule has 0 saturated heterocycles. The van der Waals surface area contributed by atoms with Gasteiger partial charge < -0.3 is 9.94 Å². The number of carbonyl (C=O) groups is 1. The zero-order valence-corrected chi connectivity index (χ0v) is 14.3. The third-order valence-electron chi connectivity index (χ3n) is 3.91. The van der Waals surface area contributed by atoms with E-state index in [2.05, 4.69) is 19.1 Å². The molecular weight excluding hydrogens is 286 g/mol. The van der Waals surface area contributed by atoms with Crippen LogP contribution in [0.2, 0.25) is 0 Å². The fourth-order valence-corrected chi connectivity index (χ4v) is 2.49. The molecule has 0 radical (unpaired) electrons. The van der Waals surface area contributed by atoms with Crippen LogP contribution in [0.25, 0.3) is 0 Å².